The lowest BCUT2D eigenvalue weighted by Gasteiger charge is -2.27. The van der Waals surface area contributed by atoms with Crippen LogP contribution in [0.3, 0.4) is 0 Å². The maximum Gasteiger partial charge on any atom is 0.0716 e. The second-order valence-electron chi connectivity index (χ2n) is 3.01. The molecule has 1 rings (SSSR count). The molecule has 11 heavy (non-hydrogen) atoms. The second-order valence-corrected chi connectivity index (χ2v) is 3.01. The topological polar surface area (TPSA) is 41.5 Å². The zero-order chi connectivity index (χ0) is 8.10. The first-order valence-corrected chi connectivity index (χ1v) is 4.40. The van der Waals surface area contributed by atoms with Crippen molar-refractivity contribution >= 4 is 0 Å². The number of rotatable bonds is 3. The van der Waals surface area contributed by atoms with E-state index in [2.05, 4.69) is 5.48 Å². The smallest absolute Gasteiger partial charge is 0.0716 e. The van der Waals surface area contributed by atoms with E-state index in [0.29, 0.717) is 6.61 Å². The Morgan fingerprint density at radius 2 is 2.18 bits per heavy atom. The van der Waals surface area contributed by atoms with Crippen molar-refractivity contribution in [1.29, 1.82) is 0 Å². The first-order valence-electron chi connectivity index (χ1n) is 4.40. The van der Waals surface area contributed by atoms with Gasteiger partial charge in [0.25, 0.3) is 0 Å². The summed E-state index contributed by atoms with van der Waals surface area (Å²) in [6.45, 7) is 2.59. The molecule has 0 aliphatic heterocycles. The molecule has 1 fully saturated rings. The molecule has 1 saturated carbocycles. The standard InChI is InChI=1S/C8H17NO2/c1-2-11-9-7-5-3-4-6-8(7)10/h7-10H,2-6H2,1H3. The molecule has 2 atom stereocenters. The molecule has 2 unspecified atom stereocenters. The summed E-state index contributed by atoms with van der Waals surface area (Å²) in [5, 5.41) is 9.45. The lowest BCUT2D eigenvalue weighted by molar-refractivity contribution is -0.0311. The molecule has 66 valence electrons. The van der Waals surface area contributed by atoms with Gasteiger partial charge in [-0.15, -0.1) is 0 Å². The number of hydroxylamine groups is 1. The largest absolute Gasteiger partial charge is 0.391 e. The van der Waals surface area contributed by atoms with Gasteiger partial charge in [0.15, 0.2) is 0 Å². The summed E-state index contributed by atoms with van der Waals surface area (Å²) in [5.41, 5.74) is 2.87. The molecule has 0 aromatic carbocycles. The van der Waals surface area contributed by atoms with E-state index in [1.807, 2.05) is 6.92 Å². The first-order chi connectivity index (χ1) is 5.34. The maximum atomic E-state index is 9.45. The molecular weight excluding hydrogens is 142 g/mol. The molecule has 3 heteroatoms. The van der Waals surface area contributed by atoms with Crippen LogP contribution < -0.4 is 5.48 Å². The minimum Gasteiger partial charge on any atom is -0.391 e. The third-order valence-corrected chi connectivity index (χ3v) is 2.11. The van der Waals surface area contributed by atoms with E-state index in [9.17, 15) is 5.11 Å². The van der Waals surface area contributed by atoms with Gasteiger partial charge in [-0.2, -0.15) is 5.48 Å². The molecule has 1 aliphatic carbocycles. The van der Waals surface area contributed by atoms with E-state index >= 15 is 0 Å². The van der Waals surface area contributed by atoms with E-state index in [0.717, 1.165) is 19.3 Å². The normalized spacial score (nSPS) is 32.2. The molecule has 3 nitrogen and oxygen atoms in total. The van der Waals surface area contributed by atoms with Gasteiger partial charge in [0.1, 0.15) is 0 Å². The first kappa shape index (κ1) is 8.97. The van der Waals surface area contributed by atoms with Crippen LogP contribution in [0.25, 0.3) is 0 Å². The Morgan fingerprint density at radius 3 is 2.82 bits per heavy atom. The van der Waals surface area contributed by atoms with Gasteiger partial charge in [-0.25, -0.2) is 0 Å². The zero-order valence-corrected chi connectivity index (χ0v) is 7.05. The Kier molecular flexibility index (Phi) is 3.83. The van der Waals surface area contributed by atoms with Crippen LogP contribution in [-0.4, -0.2) is 23.9 Å². The molecule has 0 spiro atoms. The highest BCUT2D eigenvalue weighted by Gasteiger charge is 2.22. The summed E-state index contributed by atoms with van der Waals surface area (Å²) in [6.07, 6.45) is 4.06. The van der Waals surface area contributed by atoms with Crippen molar-refractivity contribution in [1.82, 2.24) is 5.48 Å². The third kappa shape index (κ3) is 2.77. The molecule has 0 aromatic heterocycles. The van der Waals surface area contributed by atoms with E-state index in [-0.39, 0.29) is 12.1 Å². The average molecular weight is 159 g/mol. The van der Waals surface area contributed by atoms with Crippen LogP contribution in [0.1, 0.15) is 32.6 Å². The van der Waals surface area contributed by atoms with E-state index in [1.165, 1.54) is 6.42 Å². The summed E-state index contributed by atoms with van der Waals surface area (Å²) in [5.74, 6) is 0. The maximum absolute atomic E-state index is 9.45. The fourth-order valence-corrected chi connectivity index (χ4v) is 1.44. The van der Waals surface area contributed by atoms with Gasteiger partial charge in [-0.3, -0.25) is 0 Å². The quantitative estimate of drug-likeness (QED) is 0.599. The number of aliphatic hydroxyl groups excluding tert-OH is 1. The minimum absolute atomic E-state index is 0.156. The van der Waals surface area contributed by atoms with Gasteiger partial charge in [-0.05, 0) is 19.8 Å². The van der Waals surface area contributed by atoms with Crippen molar-refractivity contribution in [3.05, 3.63) is 0 Å². The Bertz CT molecular complexity index is 108. The molecule has 0 saturated heterocycles. The van der Waals surface area contributed by atoms with Crippen LogP contribution in [0.15, 0.2) is 0 Å². The van der Waals surface area contributed by atoms with E-state index in [4.69, 9.17) is 4.84 Å². The molecule has 0 bridgehead atoms. The second kappa shape index (κ2) is 4.70. The molecule has 1 aliphatic rings. The van der Waals surface area contributed by atoms with Crippen LogP contribution >= 0.6 is 0 Å². The van der Waals surface area contributed by atoms with Crippen LogP contribution in [-0.2, 0) is 4.84 Å². The fraction of sp³-hybridized carbons (Fsp3) is 1.00. The van der Waals surface area contributed by atoms with Gasteiger partial charge in [0, 0.05) is 0 Å². The fourth-order valence-electron chi connectivity index (χ4n) is 1.44. The Labute approximate surface area is 67.7 Å². The number of hydrogen-bond donors (Lipinski definition) is 2. The molecule has 0 aromatic rings. The Balaban J connectivity index is 2.18. The molecular formula is C8H17NO2. The highest BCUT2D eigenvalue weighted by Crippen LogP contribution is 2.17. The molecule has 0 radical (unpaired) electrons. The Hall–Kier alpha value is -0.120. The molecule has 2 N–H and O–H groups in total. The third-order valence-electron chi connectivity index (χ3n) is 2.11. The summed E-state index contributed by atoms with van der Waals surface area (Å²) >= 11 is 0. The summed E-state index contributed by atoms with van der Waals surface area (Å²) < 4.78 is 0. The van der Waals surface area contributed by atoms with Crippen LogP contribution in [0.5, 0.6) is 0 Å². The van der Waals surface area contributed by atoms with Gasteiger partial charge >= 0.3 is 0 Å². The van der Waals surface area contributed by atoms with Gasteiger partial charge in [0.05, 0.1) is 18.8 Å². The number of hydrogen-bond acceptors (Lipinski definition) is 3. The summed E-state index contributed by atoms with van der Waals surface area (Å²) in [4.78, 5) is 5.03. The van der Waals surface area contributed by atoms with Gasteiger partial charge in [0.2, 0.25) is 0 Å². The van der Waals surface area contributed by atoms with Crippen molar-refractivity contribution < 1.29 is 9.94 Å². The van der Waals surface area contributed by atoms with Crippen molar-refractivity contribution in [3.63, 3.8) is 0 Å². The van der Waals surface area contributed by atoms with Gasteiger partial charge in [-0.1, -0.05) is 12.8 Å². The highest BCUT2D eigenvalue weighted by atomic mass is 16.6. The van der Waals surface area contributed by atoms with Gasteiger partial charge < -0.3 is 9.94 Å². The Morgan fingerprint density at radius 1 is 1.45 bits per heavy atom. The van der Waals surface area contributed by atoms with Crippen molar-refractivity contribution in [2.75, 3.05) is 6.61 Å². The van der Waals surface area contributed by atoms with E-state index < -0.39 is 0 Å². The predicted molar refractivity (Wildman–Crippen MR) is 43.0 cm³/mol. The predicted octanol–water partition coefficient (Wildman–Crippen LogP) is 0.831. The molecule has 0 amide bonds. The lowest BCUT2D eigenvalue weighted by Crippen LogP contribution is -2.41. The minimum atomic E-state index is -0.213. The highest BCUT2D eigenvalue weighted by molar-refractivity contribution is 4.77. The van der Waals surface area contributed by atoms with Crippen molar-refractivity contribution in [2.45, 2.75) is 44.8 Å². The number of aliphatic hydroxyl groups is 1. The number of nitrogens with one attached hydrogen (secondary N) is 1. The van der Waals surface area contributed by atoms with Crippen LogP contribution in [0, 0.1) is 0 Å². The summed E-state index contributed by atoms with van der Waals surface area (Å²) in [6, 6.07) is 0.156. The average Bonchev–Trinajstić information content (AvgIpc) is 2.03. The zero-order valence-electron chi connectivity index (χ0n) is 7.05. The molecule has 0 heterocycles. The van der Waals surface area contributed by atoms with Crippen LogP contribution in [0.4, 0.5) is 0 Å². The van der Waals surface area contributed by atoms with E-state index in [1.54, 1.807) is 0 Å². The SMILES string of the molecule is CCONC1CCCCC1O. The van der Waals surface area contributed by atoms with Crippen molar-refractivity contribution in [2.24, 2.45) is 0 Å². The summed E-state index contributed by atoms with van der Waals surface area (Å²) in [7, 11) is 0. The monoisotopic (exact) mass is 159 g/mol. The van der Waals surface area contributed by atoms with Crippen molar-refractivity contribution in [3.8, 4) is 0 Å². The lowest BCUT2D eigenvalue weighted by atomic mass is 9.93. The van der Waals surface area contributed by atoms with Crippen LogP contribution in [0.2, 0.25) is 0 Å².